The van der Waals surface area contributed by atoms with E-state index in [0.29, 0.717) is 13.1 Å². The molecule has 0 saturated heterocycles. The first-order chi connectivity index (χ1) is 7.51. The second-order valence-corrected chi connectivity index (χ2v) is 5.40. The van der Waals surface area contributed by atoms with Gasteiger partial charge in [0.2, 0.25) is 0 Å². The highest BCUT2D eigenvalue weighted by molar-refractivity contribution is 8.00. The fourth-order valence-electron chi connectivity index (χ4n) is 1.04. The third-order valence-corrected chi connectivity index (χ3v) is 3.62. The Morgan fingerprint density at radius 2 is 2.25 bits per heavy atom. The monoisotopic (exact) mass is 270 g/mol. The lowest BCUT2D eigenvalue weighted by Crippen LogP contribution is -2.17. The SMILES string of the molecule is CCc1ncc(CNCCSC(F)(F)F)s1. The average Bonchev–Trinajstić information content (AvgIpc) is 2.63. The molecule has 0 spiro atoms. The summed E-state index contributed by atoms with van der Waals surface area (Å²) in [7, 11) is 0. The normalized spacial score (nSPS) is 12.0. The quantitative estimate of drug-likeness (QED) is 0.804. The molecule has 1 aromatic heterocycles. The Morgan fingerprint density at radius 3 is 2.81 bits per heavy atom. The highest BCUT2D eigenvalue weighted by Gasteiger charge is 2.27. The number of halogens is 3. The van der Waals surface area contributed by atoms with E-state index in [1.165, 1.54) is 0 Å². The second kappa shape index (κ2) is 6.46. The van der Waals surface area contributed by atoms with Crippen LogP contribution in [0.1, 0.15) is 16.8 Å². The summed E-state index contributed by atoms with van der Waals surface area (Å²) in [6, 6.07) is 0. The van der Waals surface area contributed by atoms with Gasteiger partial charge in [-0.15, -0.1) is 11.3 Å². The van der Waals surface area contributed by atoms with E-state index < -0.39 is 5.51 Å². The number of alkyl halides is 3. The Morgan fingerprint density at radius 1 is 1.50 bits per heavy atom. The summed E-state index contributed by atoms with van der Waals surface area (Å²) in [6.07, 6.45) is 2.67. The van der Waals surface area contributed by atoms with E-state index in [4.69, 9.17) is 0 Å². The molecule has 0 bridgehead atoms. The Bertz CT molecular complexity index is 312. The average molecular weight is 270 g/mol. The largest absolute Gasteiger partial charge is 0.441 e. The molecule has 2 nitrogen and oxygen atoms in total. The molecular formula is C9H13F3N2S2. The van der Waals surface area contributed by atoms with Crippen molar-refractivity contribution in [1.82, 2.24) is 10.3 Å². The third kappa shape index (κ3) is 5.72. The summed E-state index contributed by atoms with van der Waals surface area (Å²) in [4.78, 5) is 5.23. The van der Waals surface area contributed by atoms with Crippen LogP contribution < -0.4 is 5.32 Å². The van der Waals surface area contributed by atoms with Crippen molar-refractivity contribution in [3.8, 4) is 0 Å². The fourth-order valence-corrected chi connectivity index (χ4v) is 2.35. The molecule has 0 atom stereocenters. The van der Waals surface area contributed by atoms with Crippen molar-refractivity contribution in [2.45, 2.75) is 25.4 Å². The standard InChI is InChI=1S/C9H13F3N2S2/c1-2-8-14-6-7(16-8)5-13-3-4-15-9(10,11)12/h6,13H,2-5H2,1H3. The summed E-state index contributed by atoms with van der Waals surface area (Å²) in [5.74, 6) is 0.0446. The van der Waals surface area contributed by atoms with Gasteiger partial charge in [0.1, 0.15) is 0 Å². The molecular weight excluding hydrogens is 257 g/mol. The lowest BCUT2D eigenvalue weighted by Gasteiger charge is -2.05. The molecule has 1 aromatic rings. The molecule has 1 rings (SSSR count). The van der Waals surface area contributed by atoms with Crippen LogP contribution in [0.15, 0.2) is 6.20 Å². The zero-order valence-electron chi connectivity index (χ0n) is 8.80. The maximum absolute atomic E-state index is 11.8. The summed E-state index contributed by atoms with van der Waals surface area (Å²) < 4.78 is 35.3. The van der Waals surface area contributed by atoms with Gasteiger partial charge in [-0.3, -0.25) is 0 Å². The Balaban J connectivity index is 2.11. The van der Waals surface area contributed by atoms with Gasteiger partial charge in [0.05, 0.1) is 5.01 Å². The number of hydrogen-bond donors (Lipinski definition) is 1. The van der Waals surface area contributed by atoms with Crippen molar-refractivity contribution < 1.29 is 13.2 Å². The van der Waals surface area contributed by atoms with Crippen molar-refractivity contribution in [2.24, 2.45) is 0 Å². The highest BCUT2D eigenvalue weighted by Crippen LogP contribution is 2.29. The smallest absolute Gasteiger partial charge is 0.311 e. The Kier molecular flexibility index (Phi) is 5.57. The number of nitrogens with one attached hydrogen (secondary N) is 1. The maximum atomic E-state index is 11.8. The number of thioether (sulfide) groups is 1. The minimum Gasteiger partial charge on any atom is -0.311 e. The number of aryl methyl sites for hydroxylation is 1. The van der Waals surface area contributed by atoms with Crippen molar-refractivity contribution in [2.75, 3.05) is 12.3 Å². The van der Waals surface area contributed by atoms with Gasteiger partial charge in [-0.2, -0.15) is 13.2 Å². The van der Waals surface area contributed by atoms with Gasteiger partial charge in [0, 0.05) is 29.9 Å². The van der Waals surface area contributed by atoms with E-state index in [2.05, 4.69) is 10.3 Å². The Labute approximate surface area is 101 Å². The molecule has 0 aromatic carbocycles. The van der Waals surface area contributed by atoms with Gasteiger partial charge in [-0.05, 0) is 18.2 Å². The molecule has 0 unspecified atom stereocenters. The zero-order chi connectivity index (χ0) is 12.0. The van der Waals surface area contributed by atoms with Gasteiger partial charge in [-0.25, -0.2) is 4.98 Å². The van der Waals surface area contributed by atoms with Crippen LogP contribution in [0.3, 0.4) is 0 Å². The number of hydrogen-bond acceptors (Lipinski definition) is 4. The van der Waals surface area contributed by atoms with E-state index in [9.17, 15) is 13.2 Å². The fraction of sp³-hybridized carbons (Fsp3) is 0.667. The molecule has 16 heavy (non-hydrogen) atoms. The summed E-state index contributed by atoms with van der Waals surface area (Å²) >= 11 is 1.60. The lowest BCUT2D eigenvalue weighted by atomic mass is 10.5. The van der Waals surface area contributed by atoms with E-state index in [-0.39, 0.29) is 17.5 Å². The molecule has 1 heterocycles. The first-order valence-corrected chi connectivity index (χ1v) is 6.66. The van der Waals surface area contributed by atoms with Gasteiger partial charge in [-0.1, -0.05) is 6.92 Å². The number of nitrogens with zero attached hydrogens (tertiary/aromatic N) is 1. The first kappa shape index (κ1) is 13.8. The van der Waals surface area contributed by atoms with Crippen LogP contribution in [0.5, 0.6) is 0 Å². The molecule has 0 fully saturated rings. The van der Waals surface area contributed by atoms with Crippen LogP contribution in [0, 0.1) is 0 Å². The van der Waals surface area contributed by atoms with Crippen molar-refractivity contribution in [1.29, 1.82) is 0 Å². The van der Waals surface area contributed by atoms with Crippen LogP contribution in [0.2, 0.25) is 0 Å². The molecule has 92 valence electrons. The molecule has 0 aliphatic heterocycles. The van der Waals surface area contributed by atoms with E-state index in [1.54, 1.807) is 17.5 Å². The minimum atomic E-state index is -4.12. The van der Waals surface area contributed by atoms with Gasteiger partial charge < -0.3 is 5.32 Å². The summed E-state index contributed by atoms with van der Waals surface area (Å²) in [5, 5.41) is 4.02. The topological polar surface area (TPSA) is 24.9 Å². The van der Waals surface area contributed by atoms with Crippen LogP contribution >= 0.6 is 23.1 Å². The molecule has 0 saturated carbocycles. The van der Waals surface area contributed by atoms with Crippen LogP contribution in [-0.2, 0) is 13.0 Å². The predicted octanol–water partition coefficient (Wildman–Crippen LogP) is 3.05. The van der Waals surface area contributed by atoms with E-state index in [1.807, 2.05) is 6.92 Å². The van der Waals surface area contributed by atoms with Crippen molar-refractivity contribution in [3.05, 3.63) is 16.1 Å². The number of thiazole rings is 1. The first-order valence-electron chi connectivity index (χ1n) is 4.86. The molecule has 0 aliphatic carbocycles. The van der Waals surface area contributed by atoms with E-state index in [0.717, 1.165) is 16.3 Å². The molecule has 1 N–H and O–H groups in total. The summed E-state index contributed by atoms with van der Waals surface area (Å²) in [5.41, 5.74) is -4.12. The van der Waals surface area contributed by atoms with Crippen LogP contribution in [-0.4, -0.2) is 22.8 Å². The third-order valence-electron chi connectivity index (χ3n) is 1.75. The molecule has 0 radical (unpaired) electrons. The van der Waals surface area contributed by atoms with Crippen LogP contribution in [0.4, 0.5) is 13.2 Å². The molecule has 7 heteroatoms. The van der Waals surface area contributed by atoms with Gasteiger partial charge in [0.15, 0.2) is 0 Å². The van der Waals surface area contributed by atoms with Crippen LogP contribution in [0.25, 0.3) is 0 Å². The second-order valence-electron chi connectivity index (χ2n) is 3.04. The lowest BCUT2D eigenvalue weighted by molar-refractivity contribution is -0.0327. The minimum absolute atomic E-state index is 0.00370. The summed E-state index contributed by atoms with van der Waals surface area (Å²) in [6.45, 7) is 2.97. The predicted molar refractivity (Wildman–Crippen MR) is 61.7 cm³/mol. The zero-order valence-corrected chi connectivity index (χ0v) is 10.4. The highest BCUT2D eigenvalue weighted by atomic mass is 32.2. The van der Waals surface area contributed by atoms with E-state index >= 15 is 0 Å². The van der Waals surface area contributed by atoms with Gasteiger partial charge >= 0.3 is 5.51 Å². The Hall–Kier alpha value is -0.270. The maximum Gasteiger partial charge on any atom is 0.441 e. The van der Waals surface area contributed by atoms with Crippen molar-refractivity contribution in [3.63, 3.8) is 0 Å². The molecule has 0 aliphatic rings. The van der Waals surface area contributed by atoms with Gasteiger partial charge in [0.25, 0.3) is 0 Å². The number of aromatic nitrogens is 1. The molecule has 0 amide bonds. The number of rotatable bonds is 6. The van der Waals surface area contributed by atoms with Crippen molar-refractivity contribution >= 4 is 23.1 Å².